The lowest BCUT2D eigenvalue weighted by Crippen LogP contribution is -2.07. The first-order valence-electron chi connectivity index (χ1n) is 9.01. The van der Waals surface area contributed by atoms with Crippen LogP contribution >= 0.6 is 0 Å². The molecule has 2 aromatic heterocycles. The highest BCUT2D eigenvalue weighted by Crippen LogP contribution is 2.25. The molecule has 0 unspecified atom stereocenters. The van der Waals surface area contributed by atoms with E-state index in [-0.39, 0.29) is 18.5 Å². The summed E-state index contributed by atoms with van der Waals surface area (Å²) in [5.74, 6) is -1.45. The summed E-state index contributed by atoms with van der Waals surface area (Å²) in [5, 5.41) is 13.4. The molecular formula is C21H18F2N4O2. The highest BCUT2D eigenvalue weighted by Gasteiger charge is 2.16. The van der Waals surface area contributed by atoms with Gasteiger partial charge in [-0.25, -0.2) is 13.8 Å². The van der Waals surface area contributed by atoms with Gasteiger partial charge in [0.05, 0.1) is 24.2 Å². The second-order valence-corrected chi connectivity index (χ2v) is 6.91. The molecule has 4 rings (SSSR count). The molecule has 4 aromatic rings. The van der Waals surface area contributed by atoms with Crippen LogP contribution < -0.4 is 0 Å². The van der Waals surface area contributed by atoms with Crippen LogP contribution in [-0.4, -0.2) is 30.8 Å². The topological polar surface area (TPSA) is 83.8 Å². The minimum absolute atomic E-state index is 0.123. The molecule has 2 aromatic carbocycles. The molecule has 148 valence electrons. The van der Waals surface area contributed by atoms with Gasteiger partial charge in [0, 0.05) is 22.4 Å². The smallest absolute Gasteiger partial charge is 0.307 e. The summed E-state index contributed by atoms with van der Waals surface area (Å²) >= 11 is 0. The molecule has 0 aliphatic rings. The Morgan fingerprint density at radius 2 is 1.97 bits per heavy atom. The Morgan fingerprint density at radius 1 is 1.17 bits per heavy atom. The molecule has 0 aliphatic carbocycles. The number of benzene rings is 2. The monoisotopic (exact) mass is 396 g/mol. The van der Waals surface area contributed by atoms with Gasteiger partial charge in [0.2, 0.25) is 0 Å². The van der Waals surface area contributed by atoms with Gasteiger partial charge in [0.1, 0.15) is 17.2 Å². The average molecular weight is 396 g/mol. The third-order valence-corrected chi connectivity index (χ3v) is 4.97. The lowest BCUT2D eigenvalue weighted by Gasteiger charge is -2.08. The Kier molecular flexibility index (Phi) is 4.62. The number of fused-ring (bicyclic) bond motifs is 1. The van der Waals surface area contributed by atoms with E-state index >= 15 is 0 Å². The number of halogens is 2. The predicted molar refractivity (Wildman–Crippen MR) is 104 cm³/mol. The normalized spacial score (nSPS) is 11.3. The first kappa shape index (κ1) is 18.8. The highest BCUT2D eigenvalue weighted by molar-refractivity contribution is 5.79. The number of hydrogen-bond acceptors (Lipinski definition) is 3. The summed E-state index contributed by atoms with van der Waals surface area (Å²) in [6.07, 6.45) is -0.123. The van der Waals surface area contributed by atoms with Crippen molar-refractivity contribution in [2.75, 3.05) is 0 Å². The van der Waals surface area contributed by atoms with E-state index in [4.69, 9.17) is 5.11 Å². The van der Waals surface area contributed by atoms with Crippen molar-refractivity contribution in [2.24, 2.45) is 0 Å². The molecule has 0 saturated carbocycles. The Morgan fingerprint density at radius 3 is 2.66 bits per heavy atom. The lowest BCUT2D eigenvalue weighted by molar-refractivity contribution is -0.136. The zero-order valence-electron chi connectivity index (χ0n) is 15.8. The SMILES string of the molecule is Cc1nn(Cc2ccc(-c3nc4c(F)cccc4[nH]3)cc2F)c(C)c1CC(=O)O. The summed E-state index contributed by atoms with van der Waals surface area (Å²) in [5.41, 5.74) is 3.61. The Labute approximate surface area is 164 Å². The Bertz CT molecular complexity index is 1240. The molecule has 2 N–H and O–H groups in total. The quantitative estimate of drug-likeness (QED) is 0.534. The first-order valence-corrected chi connectivity index (χ1v) is 9.01. The summed E-state index contributed by atoms with van der Waals surface area (Å²) in [4.78, 5) is 18.2. The summed E-state index contributed by atoms with van der Waals surface area (Å²) < 4.78 is 30.2. The fourth-order valence-corrected chi connectivity index (χ4v) is 3.41. The molecule has 2 heterocycles. The van der Waals surface area contributed by atoms with E-state index in [1.54, 1.807) is 42.8 Å². The molecule has 0 radical (unpaired) electrons. The number of carboxylic acid groups (broad SMARTS) is 1. The van der Waals surface area contributed by atoms with Gasteiger partial charge in [-0.3, -0.25) is 9.48 Å². The second kappa shape index (κ2) is 7.12. The van der Waals surface area contributed by atoms with Crippen LogP contribution in [-0.2, 0) is 17.8 Å². The molecule has 0 bridgehead atoms. The number of aromatic amines is 1. The predicted octanol–water partition coefficient (Wildman–Crippen LogP) is 4.00. The van der Waals surface area contributed by atoms with Crippen LogP contribution in [0, 0.1) is 25.5 Å². The molecule has 0 fully saturated rings. The molecule has 0 amide bonds. The summed E-state index contributed by atoms with van der Waals surface area (Å²) in [6, 6.07) is 9.28. The van der Waals surface area contributed by atoms with E-state index in [1.165, 1.54) is 12.1 Å². The van der Waals surface area contributed by atoms with E-state index in [0.717, 1.165) is 0 Å². The maximum absolute atomic E-state index is 14.8. The van der Waals surface area contributed by atoms with E-state index < -0.39 is 17.6 Å². The van der Waals surface area contributed by atoms with E-state index in [9.17, 15) is 13.6 Å². The molecule has 8 heteroatoms. The maximum Gasteiger partial charge on any atom is 0.307 e. The van der Waals surface area contributed by atoms with Crippen molar-refractivity contribution in [3.63, 3.8) is 0 Å². The molecule has 0 saturated heterocycles. The number of aliphatic carboxylic acids is 1. The number of carboxylic acids is 1. The number of para-hydroxylation sites is 1. The van der Waals surface area contributed by atoms with Gasteiger partial charge < -0.3 is 10.1 Å². The van der Waals surface area contributed by atoms with Crippen molar-refractivity contribution in [2.45, 2.75) is 26.8 Å². The molecule has 0 atom stereocenters. The van der Waals surface area contributed by atoms with Gasteiger partial charge in [0.15, 0.2) is 5.82 Å². The van der Waals surface area contributed by atoms with Gasteiger partial charge in [-0.15, -0.1) is 0 Å². The fourth-order valence-electron chi connectivity index (χ4n) is 3.41. The zero-order chi connectivity index (χ0) is 20.7. The molecule has 6 nitrogen and oxygen atoms in total. The third-order valence-electron chi connectivity index (χ3n) is 4.97. The number of aromatic nitrogens is 4. The van der Waals surface area contributed by atoms with Crippen LogP contribution in [0.15, 0.2) is 36.4 Å². The van der Waals surface area contributed by atoms with Crippen LogP contribution in [0.3, 0.4) is 0 Å². The molecule has 0 aliphatic heterocycles. The van der Waals surface area contributed by atoms with Crippen LogP contribution in [0.2, 0.25) is 0 Å². The molecule has 29 heavy (non-hydrogen) atoms. The van der Waals surface area contributed by atoms with Crippen LogP contribution in [0.25, 0.3) is 22.4 Å². The minimum Gasteiger partial charge on any atom is -0.481 e. The van der Waals surface area contributed by atoms with E-state index in [1.807, 2.05) is 0 Å². The third kappa shape index (κ3) is 3.49. The largest absolute Gasteiger partial charge is 0.481 e. The molecule has 0 spiro atoms. The van der Waals surface area contributed by atoms with Gasteiger partial charge in [0.25, 0.3) is 0 Å². The number of nitrogens with zero attached hydrogens (tertiary/aromatic N) is 3. The van der Waals surface area contributed by atoms with Crippen molar-refractivity contribution in [1.82, 2.24) is 19.7 Å². The van der Waals surface area contributed by atoms with Gasteiger partial charge in [-0.1, -0.05) is 18.2 Å². The van der Waals surface area contributed by atoms with Gasteiger partial charge in [-0.05, 0) is 32.0 Å². The number of H-pyrrole nitrogens is 1. The molecular weight excluding hydrogens is 378 g/mol. The average Bonchev–Trinajstić information content (AvgIpc) is 3.21. The van der Waals surface area contributed by atoms with Gasteiger partial charge >= 0.3 is 5.97 Å². The van der Waals surface area contributed by atoms with Crippen molar-refractivity contribution >= 4 is 17.0 Å². The number of carbonyl (C=O) groups is 1. The highest BCUT2D eigenvalue weighted by atomic mass is 19.1. The number of nitrogens with one attached hydrogen (secondary N) is 1. The zero-order valence-corrected chi connectivity index (χ0v) is 15.8. The second-order valence-electron chi connectivity index (χ2n) is 6.91. The maximum atomic E-state index is 14.8. The standard InChI is InChI=1S/C21H18F2N4O2/c1-11-15(9-19(28)29)12(2)27(26-11)10-14-7-6-13(8-17(14)23)21-24-18-5-3-4-16(22)20(18)25-21/h3-8H,9-10H2,1-2H3,(H,24,25)(H,28,29). The number of aryl methyl sites for hydroxylation is 1. The number of imidazole rings is 1. The van der Waals surface area contributed by atoms with Crippen LogP contribution in [0.5, 0.6) is 0 Å². The van der Waals surface area contributed by atoms with E-state index in [2.05, 4.69) is 15.1 Å². The summed E-state index contributed by atoms with van der Waals surface area (Å²) in [7, 11) is 0. The van der Waals surface area contributed by atoms with Crippen molar-refractivity contribution in [3.05, 3.63) is 70.5 Å². The fraction of sp³-hybridized carbons (Fsp3) is 0.190. The van der Waals surface area contributed by atoms with E-state index in [0.29, 0.717) is 39.4 Å². The number of rotatable bonds is 5. The van der Waals surface area contributed by atoms with Crippen molar-refractivity contribution in [3.8, 4) is 11.4 Å². The van der Waals surface area contributed by atoms with Crippen molar-refractivity contribution < 1.29 is 18.7 Å². The minimum atomic E-state index is -0.937. The Balaban J connectivity index is 1.64. The lowest BCUT2D eigenvalue weighted by atomic mass is 10.1. The van der Waals surface area contributed by atoms with Crippen molar-refractivity contribution in [1.29, 1.82) is 0 Å². The van der Waals surface area contributed by atoms with Gasteiger partial charge in [-0.2, -0.15) is 5.10 Å². The first-order chi connectivity index (χ1) is 13.8. The number of hydrogen-bond donors (Lipinski definition) is 2. The van der Waals surface area contributed by atoms with Crippen LogP contribution in [0.4, 0.5) is 8.78 Å². The summed E-state index contributed by atoms with van der Waals surface area (Å²) in [6.45, 7) is 3.68. The van der Waals surface area contributed by atoms with Crippen LogP contribution in [0.1, 0.15) is 22.5 Å². The Hall–Kier alpha value is -3.55.